The Balaban J connectivity index is 1.49. The van der Waals surface area contributed by atoms with Gasteiger partial charge in [0.1, 0.15) is 18.8 Å². The van der Waals surface area contributed by atoms with Gasteiger partial charge in [-0.3, -0.25) is 0 Å². The van der Waals surface area contributed by atoms with Gasteiger partial charge in [-0.25, -0.2) is 4.79 Å². The number of carbonyl (C=O) groups is 1. The third kappa shape index (κ3) is 8.17. The maximum atomic E-state index is 13.4. The van der Waals surface area contributed by atoms with Crippen molar-refractivity contribution in [3.8, 4) is 0 Å². The quantitative estimate of drug-likeness (QED) is 0.137. The van der Waals surface area contributed by atoms with Crippen LogP contribution >= 0.6 is 0 Å². The first kappa shape index (κ1) is 28.9. The van der Waals surface area contributed by atoms with E-state index in [-0.39, 0.29) is 36.9 Å². The summed E-state index contributed by atoms with van der Waals surface area (Å²) in [6.07, 6.45) is 0.247. The molecule has 210 valence electrons. The fraction of sp³-hybridized carbons (Fsp3) is 0.552. The second-order valence-electron chi connectivity index (χ2n) is 10.4. The van der Waals surface area contributed by atoms with Gasteiger partial charge in [-0.2, -0.15) is 0 Å². The van der Waals surface area contributed by atoms with Gasteiger partial charge in [0.2, 0.25) is 0 Å². The van der Waals surface area contributed by atoms with Gasteiger partial charge in [0.25, 0.3) is 0 Å². The highest BCUT2D eigenvalue weighted by molar-refractivity contribution is 5.67. The van der Waals surface area contributed by atoms with Crippen LogP contribution in [0, 0.1) is 5.92 Å². The zero-order valence-corrected chi connectivity index (χ0v) is 22.8. The van der Waals surface area contributed by atoms with Crippen LogP contribution in [0.25, 0.3) is 10.4 Å². The average molecular weight is 539 g/mol. The molecular formula is C29H38N4O6. The monoisotopic (exact) mass is 538 g/mol. The van der Waals surface area contributed by atoms with Crippen molar-refractivity contribution in [2.75, 3.05) is 20.2 Å². The summed E-state index contributed by atoms with van der Waals surface area (Å²) >= 11 is 0. The molecule has 10 heteroatoms. The highest BCUT2D eigenvalue weighted by Gasteiger charge is 2.55. The number of nitrogens with zero attached hydrogens (tertiary/aromatic N) is 4. The van der Waals surface area contributed by atoms with Crippen molar-refractivity contribution in [1.29, 1.82) is 0 Å². The molecule has 2 aromatic rings. The molecule has 39 heavy (non-hydrogen) atoms. The molecule has 5 atom stereocenters. The molecule has 0 aromatic heterocycles. The first-order valence-electron chi connectivity index (χ1n) is 13.4. The minimum absolute atomic E-state index is 0.0282. The molecule has 0 spiro atoms. The van der Waals surface area contributed by atoms with E-state index in [1.54, 1.807) is 12.0 Å². The SMILES string of the molecule is CO[C@@H]1O[C@H](C[C@H](CCCN=[N+]=[N-])CN(Cc2ccccc2)C(=O)OCc2ccccc2)C2OC(C)(C)OC21. The molecule has 2 unspecified atom stereocenters. The number of ether oxygens (including phenoxy) is 5. The standard InChI is InChI=1S/C29H38N4O6/c1-29(2)38-25-24(37-27(35-3)26(25)39-29)17-23(15-10-16-31-32-30)19-33(18-21-11-6-4-7-12-21)28(34)36-20-22-13-8-5-9-14-22/h4-9,11-14,23-27H,10,15-20H2,1-3H3/t23-,24+,25?,26?,27+/m0/s1. The predicted octanol–water partition coefficient (Wildman–Crippen LogP) is 5.81. The first-order valence-corrected chi connectivity index (χ1v) is 13.4. The van der Waals surface area contributed by atoms with Crippen LogP contribution in [0.3, 0.4) is 0 Å². The lowest BCUT2D eigenvalue weighted by Crippen LogP contribution is -2.38. The fourth-order valence-corrected chi connectivity index (χ4v) is 5.26. The maximum Gasteiger partial charge on any atom is 0.410 e. The van der Waals surface area contributed by atoms with Crippen molar-refractivity contribution in [1.82, 2.24) is 4.90 Å². The molecule has 4 rings (SSSR count). The fourth-order valence-electron chi connectivity index (χ4n) is 5.26. The third-order valence-electron chi connectivity index (χ3n) is 7.00. The Bertz CT molecular complexity index is 1100. The zero-order chi connectivity index (χ0) is 27.7. The van der Waals surface area contributed by atoms with E-state index in [2.05, 4.69) is 10.0 Å². The molecule has 2 heterocycles. The van der Waals surface area contributed by atoms with E-state index >= 15 is 0 Å². The Kier molecular flexibility index (Phi) is 10.2. The van der Waals surface area contributed by atoms with Gasteiger partial charge in [-0.1, -0.05) is 65.8 Å². The second kappa shape index (κ2) is 13.8. The Morgan fingerprint density at radius 3 is 2.41 bits per heavy atom. The number of carbonyl (C=O) groups excluding carboxylic acids is 1. The summed E-state index contributed by atoms with van der Waals surface area (Å²) in [7, 11) is 1.60. The molecule has 2 saturated heterocycles. The van der Waals surface area contributed by atoms with Crippen LogP contribution in [0.1, 0.15) is 44.2 Å². The molecule has 2 aliphatic rings. The molecule has 0 N–H and O–H groups in total. The molecule has 1 amide bonds. The summed E-state index contributed by atoms with van der Waals surface area (Å²) < 4.78 is 29.7. The van der Waals surface area contributed by atoms with E-state index in [4.69, 9.17) is 29.2 Å². The highest BCUT2D eigenvalue weighted by atomic mass is 16.8. The molecule has 0 saturated carbocycles. The summed E-state index contributed by atoms with van der Waals surface area (Å²) in [4.78, 5) is 18.0. The molecular weight excluding hydrogens is 500 g/mol. The lowest BCUT2D eigenvalue weighted by molar-refractivity contribution is -0.228. The Hall–Kier alpha value is -3.14. The largest absolute Gasteiger partial charge is 0.445 e. The van der Waals surface area contributed by atoms with Crippen molar-refractivity contribution >= 4 is 6.09 Å². The second-order valence-corrected chi connectivity index (χ2v) is 10.4. The van der Waals surface area contributed by atoms with Crippen molar-refractivity contribution < 1.29 is 28.5 Å². The number of rotatable bonds is 13. The summed E-state index contributed by atoms with van der Waals surface area (Å²) in [6.45, 7) is 5.20. The number of hydrogen-bond donors (Lipinski definition) is 0. The van der Waals surface area contributed by atoms with E-state index in [1.807, 2.05) is 74.5 Å². The number of hydrogen-bond acceptors (Lipinski definition) is 7. The molecule has 2 fully saturated rings. The summed E-state index contributed by atoms with van der Waals surface area (Å²) in [5, 5.41) is 3.70. The molecule has 0 radical (unpaired) electrons. The van der Waals surface area contributed by atoms with Crippen LogP contribution in [0.15, 0.2) is 65.8 Å². The highest BCUT2D eigenvalue weighted by Crippen LogP contribution is 2.41. The number of methoxy groups -OCH3 is 1. The van der Waals surface area contributed by atoms with Crippen LogP contribution < -0.4 is 0 Å². The van der Waals surface area contributed by atoms with Crippen LogP contribution in [0.5, 0.6) is 0 Å². The van der Waals surface area contributed by atoms with Gasteiger partial charge < -0.3 is 28.6 Å². The minimum Gasteiger partial charge on any atom is -0.445 e. The zero-order valence-electron chi connectivity index (χ0n) is 22.8. The Labute approximate surface area is 229 Å². The molecule has 0 bridgehead atoms. The van der Waals surface area contributed by atoms with Gasteiger partial charge in [-0.15, -0.1) is 0 Å². The Morgan fingerprint density at radius 2 is 1.74 bits per heavy atom. The summed E-state index contributed by atoms with van der Waals surface area (Å²) in [5.41, 5.74) is 10.7. The molecule has 0 aliphatic carbocycles. The first-order chi connectivity index (χ1) is 18.9. The van der Waals surface area contributed by atoms with E-state index in [9.17, 15) is 4.79 Å². The minimum atomic E-state index is -0.730. The molecule has 10 nitrogen and oxygen atoms in total. The third-order valence-corrected chi connectivity index (χ3v) is 7.00. The maximum absolute atomic E-state index is 13.4. The van der Waals surface area contributed by atoms with Crippen LogP contribution in [0.2, 0.25) is 0 Å². The van der Waals surface area contributed by atoms with Crippen molar-refractivity contribution in [2.24, 2.45) is 11.0 Å². The van der Waals surface area contributed by atoms with Gasteiger partial charge in [0.05, 0.1) is 6.10 Å². The number of fused-ring (bicyclic) bond motifs is 1. The number of amides is 1. The van der Waals surface area contributed by atoms with Gasteiger partial charge >= 0.3 is 6.09 Å². The van der Waals surface area contributed by atoms with Gasteiger partial charge in [-0.05, 0) is 55.7 Å². The molecule has 2 aliphatic heterocycles. The summed E-state index contributed by atoms with van der Waals surface area (Å²) in [5.74, 6) is -0.702. The average Bonchev–Trinajstić information content (AvgIpc) is 3.42. The van der Waals surface area contributed by atoms with Crippen molar-refractivity contribution in [3.05, 3.63) is 82.2 Å². The predicted molar refractivity (Wildman–Crippen MR) is 144 cm³/mol. The lowest BCUT2D eigenvalue weighted by Gasteiger charge is -2.30. The van der Waals surface area contributed by atoms with Crippen LogP contribution in [-0.2, 0) is 36.8 Å². The number of azide groups is 1. The van der Waals surface area contributed by atoms with Crippen LogP contribution in [-0.4, -0.2) is 61.6 Å². The summed E-state index contributed by atoms with van der Waals surface area (Å²) in [6, 6.07) is 19.5. The normalized spacial score (nSPS) is 24.0. The van der Waals surface area contributed by atoms with Gasteiger partial charge in [0, 0.05) is 31.7 Å². The topological polar surface area (TPSA) is 115 Å². The van der Waals surface area contributed by atoms with E-state index in [0.29, 0.717) is 32.5 Å². The molecule has 2 aromatic carbocycles. The van der Waals surface area contributed by atoms with E-state index in [1.165, 1.54) is 0 Å². The number of benzene rings is 2. The van der Waals surface area contributed by atoms with Crippen molar-refractivity contribution in [2.45, 2.75) is 76.7 Å². The smallest absolute Gasteiger partial charge is 0.410 e. The van der Waals surface area contributed by atoms with E-state index < -0.39 is 12.1 Å². The van der Waals surface area contributed by atoms with Crippen LogP contribution in [0.4, 0.5) is 4.79 Å². The van der Waals surface area contributed by atoms with E-state index in [0.717, 1.165) is 17.5 Å². The lowest BCUT2D eigenvalue weighted by atomic mass is 9.92. The van der Waals surface area contributed by atoms with Crippen molar-refractivity contribution in [3.63, 3.8) is 0 Å². The van der Waals surface area contributed by atoms with Gasteiger partial charge in [0.15, 0.2) is 12.1 Å². The Morgan fingerprint density at radius 1 is 1.08 bits per heavy atom.